The first-order chi connectivity index (χ1) is 15.7. The van der Waals surface area contributed by atoms with Gasteiger partial charge in [0.2, 0.25) is 0 Å². The summed E-state index contributed by atoms with van der Waals surface area (Å²) in [4.78, 5) is 14.6. The van der Waals surface area contributed by atoms with Crippen LogP contribution >= 0.6 is 15.9 Å². The van der Waals surface area contributed by atoms with Crippen LogP contribution in [0.4, 0.5) is 5.69 Å². The van der Waals surface area contributed by atoms with Crippen LogP contribution in [-0.2, 0) is 4.79 Å². The molecule has 33 heavy (non-hydrogen) atoms. The summed E-state index contributed by atoms with van der Waals surface area (Å²) in [6.07, 6.45) is 0. The van der Waals surface area contributed by atoms with Gasteiger partial charge in [0.15, 0.2) is 5.60 Å². The Kier molecular flexibility index (Phi) is 6.37. The van der Waals surface area contributed by atoms with Gasteiger partial charge in [0, 0.05) is 10.2 Å². The molecule has 4 rings (SSSR count). The van der Waals surface area contributed by atoms with Crippen LogP contribution in [0.1, 0.15) is 26.3 Å². The van der Waals surface area contributed by atoms with Gasteiger partial charge in [-0.3, -0.25) is 4.79 Å². The van der Waals surface area contributed by atoms with Crippen LogP contribution in [0.15, 0.2) is 65.1 Å². The number of aryl methyl sites for hydroxylation is 1. The van der Waals surface area contributed by atoms with Gasteiger partial charge in [-0.05, 0) is 93.9 Å². The van der Waals surface area contributed by atoms with Crippen molar-refractivity contribution in [1.29, 1.82) is 0 Å². The SMILES string of the molecule is CCOc1ccc(-n2nc3cc(C)c(NC(=O)C(C)(C)Oc4ccc(Br)cc4)cc3n2)cc1. The number of rotatable bonds is 7. The lowest BCUT2D eigenvalue weighted by Crippen LogP contribution is -2.42. The van der Waals surface area contributed by atoms with Gasteiger partial charge in [-0.15, -0.1) is 10.2 Å². The highest BCUT2D eigenvalue weighted by Gasteiger charge is 2.30. The molecule has 0 bridgehead atoms. The van der Waals surface area contributed by atoms with Crippen LogP contribution in [0.3, 0.4) is 0 Å². The number of hydrogen-bond donors (Lipinski definition) is 1. The lowest BCUT2D eigenvalue weighted by Gasteiger charge is -2.25. The zero-order valence-electron chi connectivity index (χ0n) is 18.9. The van der Waals surface area contributed by atoms with E-state index < -0.39 is 5.60 Å². The number of carbonyl (C=O) groups is 1. The number of anilines is 1. The molecule has 0 saturated carbocycles. The second-order valence-corrected chi connectivity index (χ2v) is 9.01. The van der Waals surface area contributed by atoms with E-state index in [4.69, 9.17) is 9.47 Å². The summed E-state index contributed by atoms with van der Waals surface area (Å²) < 4.78 is 12.4. The molecule has 1 aromatic heterocycles. The number of fused-ring (bicyclic) bond motifs is 1. The average Bonchev–Trinajstić information content (AvgIpc) is 3.19. The fourth-order valence-electron chi connectivity index (χ4n) is 3.28. The van der Waals surface area contributed by atoms with Crippen molar-refractivity contribution in [2.45, 2.75) is 33.3 Å². The molecule has 4 aromatic rings. The first kappa shape index (κ1) is 22.8. The lowest BCUT2D eigenvalue weighted by atomic mass is 10.1. The predicted octanol–water partition coefficient (Wildman–Crippen LogP) is 5.69. The topological polar surface area (TPSA) is 78.3 Å². The smallest absolute Gasteiger partial charge is 0.267 e. The highest BCUT2D eigenvalue weighted by molar-refractivity contribution is 9.10. The fraction of sp³-hybridized carbons (Fsp3) is 0.240. The quantitative estimate of drug-likeness (QED) is 0.347. The first-order valence-corrected chi connectivity index (χ1v) is 11.4. The number of halogens is 1. The van der Waals surface area contributed by atoms with E-state index in [1.54, 1.807) is 18.6 Å². The number of nitrogens with one attached hydrogen (secondary N) is 1. The maximum Gasteiger partial charge on any atom is 0.267 e. The maximum atomic E-state index is 13.0. The Morgan fingerprint density at radius 1 is 1.00 bits per heavy atom. The van der Waals surface area contributed by atoms with Gasteiger partial charge < -0.3 is 14.8 Å². The largest absolute Gasteiger partial charge is 0.494 e. The van der Waals surface area contributed by atoms with Gasteiger partial charge in [-0.25, -0.2) is 0 Å². The molecule has 1 N–H and O–H groups in total. The summed E-state index contributed by atoms with van der Waals surface area (Å²) >= 11 is 3.40. The first-order valence-electron chi connectivity index (χ1n) is 10.6. The summed E-state index contributed by atoms with van der Waals surface area (Å²) in [7, 11) is 0. The van der Waals surface area contributed by atoms with Gasteiger partial charge in [0.05, 0.1) is 12.3 Å². The number of nitrogens with zero attached hydrogens (tertiary/aromatic N) is 3. The van der Waals surface area contributed by atoms with Crippen LogP contribution in [-0.4, -0.2) is 33.1 Å². The summed E-state index contributed by atoms with van der Waals surface area (Å²) in [5, 5.41) is 12.1. The van der Waals surface area contributed by atoms with E-state index in [1.165, 1.54) is 0 Å². The average molecular weight is 509 g/mol. The maximum absolute atomic E-state index is 13.0. The predicted molar refractivity (Wildman–Crippen MR) is 132 cm³/mol. The third-order valence-corrected chi connectivity index (χ3v) is 5.62. The van der Waals surface area contributed by atoms with Crippen molar-refractivity contribution in [3.8, 4) is 17.2 Å². The second-order valence-electron chi connectivity index (χ2n) is 8.09. The van der Waals surface area contributed by atoms with E-state index in [1.807, 2.05) is 74.5 Å². The van der Waals surface area contributed by atoms with Gasteiger partial charge in [-0.2, -0.15) is 4.80 Å². The van der Waals surface area contributed by atoms with Crippen molar-refractivity contribution < 1.29 is 14.3 Å². The minimum absolute atomic E-state index is 0.258. The molecule has 0 radical (unpaired) electrons. The Hall–Kier alpha value is -3.39. The number of benzene rings is 3. The number of aromatic nitrogens is 3. The van der Waals surface area contributed by atoms with E-state index in [0.29, 0.717) is 23.6 Å². The zero-order valence-corrected chi connectivity index (χ0v) is 20.5. The molecule has 0 spiro atoms. The van der Waals surface area contributed by atoms with Gasteiger partial charge in [-0.1, -0.05) is 15.9 Å². The molecule has 0 unspecified atom stereocenters. The molecule has 0 saturated heterocycles. The van der Waals surface area contributed by atoms with E-state index in [9.17, 15) is 4.79 Å². The minimum Gasteiger partial charge on any atom is -0.494 e. The molecule has 1 heterocycles. The van der Waals surface area contributed by atoms with E-state index in [0.717, 1.165) is 27.0 Å². The zero-order chi connectivity index (χ0) is 23.6. The van der Waals surface area contributed by atoms with Crippen molar-refractivity contribution in [3.05, 3.63) is 70.7 Å². The Morgan fingerprint density at radius 3 is 2.24 bits per heavy atom. The molecular formula is C25H25BrN4O3. The third kappa shape index (κ3) is 5.17. The molecule has 1 amide bonds. The van der Waals surface area contributed by atoms with Crippen LogP contribution in [0.5, 0.6) is 11.5 Å². The molecule has 8 heteroatoms. The van der Waals surface area contributed by atoms with Gasteiger partial charge in [0.25, 0.3) is 5.91 Å². The molecule has 0 aliphatic heterocycles. The fourth-order valence-corrected chi connectivity index (χ4v) is 3.54. The summed E-state index contributed by atoms with van der Waals surface area (Å²) in [5.74, 6) is 1.15. The molecule has 0 fully saturated rings. The van der Waals surface area contributed by atoms with E-state index in [-0.39, 0.29) is 5.91 Å². The Bertz CT molecular complexity index is 1280. The third-order valence-electron chi connectivity index (χ3n) is 5.09. The Labute approximate surface area is 200 Å². The van der Waals surface area contributed by atoms with Gasteiger partial charge in [0.1, 0.15) is 22.5 Å². The van der Waals surface area contributed by atoms with Crippen molar-refractivity contribution in [2.75, 3.05) is 11.9 Å². The standard InChI is InChI=1S/C25H25BrN4O3/c1-5-32-19-12-8-18(9-13-19)30-28-22-14-16(2)21(15-23(22)29-30)27-24(31)25(3,4)33-20-10-6-17(26)7-11-20/h6-15H,5H2,1-4H3,(H,27,31). The molecule has 170 valence electrons. The minimum atomic E-state index is -1.07. The van der Waals surface area contributed by atoms with Crippen LogP contribution < -0.4 is 14.8 Å². The lowest BCUT2D eigenvalue weighted by molar-refractivity contribution is -0.128. The summed E-state index contributed by atoms with van der Waals surface area (Å²) in [5.41, 5.74) is 2.71. The van der Waals surface area contributed by atoms with Crippen molar-refractivity contribution >= 4 is 38.6 Å². The monoisotopic (exact) mass is 508 g/mol. The van der Waals surface area contributed by atoms with Crippen LogP contribution in [0.25, 0.3) is 16.7 Å². The number of hydrogen-bond acceptors (Lipinski definition) is 5. The Morgan fingerprint density at radius 2 is 1.61 bits per heavy atom. The van der Waals surface area contributed by atoms with Crippen molar-refractivity contribution in [1.82, 2.24) is 15.0 Å². The number of carbonyl (C=O) groups excluding carboxylic acids is 1. The normalized spacial score (nSPS) is 11.4. The van der Waals surface area contributed by atoms with Crippen molar-refractivity contribution in [2.24, 2.45) is 0 Å². The molecule has 0 aliphatic carbocycles. The number of amides is 1. The van der Waals surface area contributed by atoms with E-state index in [2.05, 4.69) is 31.4 Å². The second kappa shape index (κ2) is 9.23. The molecule has 3 aromatic carbocycles. The van der Waals surface area contributed by atoms with Crippen LogP contribution in [0.2, 0.25) is 0 Å². The summed E-state index contributed by atoms with van der Waals surface area (Å²) in [6.45, 7) is 7.96. The molecular weight excluding hydrogens is 484 g/mol. The molecule has 0 atom stereocenters. The molecule has 0 aliphatic rings. The highest BCUT2D eigenvalue weighted by atomic mass is 79.9. The van der Waals surface area contributed by atoms with Crippen LogP contribution in [0, 0.1) is 6.92 Å². The number of ether oxygens (including phenoxy) is 2. The van der Waals surface area contributed by atoms with Crippen molar-refractivity contribution in [3.63, 3.8) is 0 Å². The summed E-state index contributed by atoms with van der Waals surface area (Å²) in [6, 6.07) is 18.7. The molecule has 7 nitrogen and oxygen atoms in total. The Balaban J connectivity index is 1.54. The van der Waals surface area contributed by atoms with Gasteiger partial charge >= 0.3 is 0 Å². The van der Waals surface area contributed by atoms with E-state index >= 15 is 0 Å². The highest BCUT2D eigenvalue weighted by Crippen LogP contribution is 2.26.